The normalized spacial score (nSPS) is 22.3. The van der Waals surface area contributed by atoms with Crippen LogP contribution >= 0.6 is 11.3 Å². The van der Waals surface area contributed by atoms with Crippen molar-refractivity contribution in [2.45, 2.75) is 50.9 Å². The van der Waals surface area contributed by atoms with Crippen LogP contribution in [0.2, 0.25) is 0 Å². The van der Waals surface area contributed by atoms with E-state index < -0.39 is 0 Å². The van der Waals surface area contributed by atoms with Gasteiger partial charge >= 0.3 is 0 Å². The Balaban J connectivity index is 1.46. The Bertz CT molecular complexity index is 1010. The minimum Gasteiger partial charge on any atom is -0.490 e. The van der Waals surface area contributed by atoms with Gasteiger partial charge in [-0.05, 0) is 37.5 Å². The maximum absolute atomic E-state index is 13.3. The van der Waals surface area contributed by atoms with Gasteiger partial charge in [-0.25, -0.2) is 4.98 Å². The van der Waals surface area contributed by atoms with Gasteiger partial charge in [-0.2, -0.15) is 0 Å². The molecule has 176 valence electrons. The Hall–Kier alpha value is -2.98. The second-order valence-electron chi connectivity index (χ2n) is 8.26. The van der Waals surface area contributed by atoms with Crippen molar-refractivity contribution in [2.24, 2.45) is 0 Å². The maximum Gasteiger partial charge on any atom is 0.275 e. The molecule has 0 aliphatic carbocycles. The Morgan fingerprint density at radius 3 is 2.91 bits per heavy atom. The van der Waals surface area contributed by atoms with Crippen LogP contribution in [0.4, 0.5) is 5.69 Å². The van der Waals surface area contributed by atoms with Crippen molar-refractivity contribution in [3.63, 3.8) is 0 Å². The van der Waals surface area contributed by atoms with Crippen LogP contribution in [-0.2, 0) is 9.53 Å². The maximum atomic E-state index is 13.3. The lowest BCUT2D eigenvalue weighted by atomic mass is 9.94. The Labute approximate surface area is 196 Å². The molecule has 0 radical (unpaired) electrons. The van der Waals surface area contributed by atoms with Gasteiger partial charge in [0, 0.05) is 24.7 Å². The summed E-state index contributed by atoms with van der Waals surface area (Å²) in [7, 11) is 1.76. The van der Waals surface area contributed by atoms with Gasteiger partial charge in [-0.1, -0.05) is 6.92 Å². The molecule has 3 atom stereocenters. The Kier molecular flexibility index (Phi) is 7.24. The summed E-state index contributed by atoms with van der Waals surface area (Å²) in [6.45, 7) is 2.93. The average molecular weight is 473 g/mol. The van der Waals surface area contributed by atoms with E-state index in [-0.39, 0.29) is 42.6 Å². The molecule has 0 spiro atoms. The van der Waals surface area contributed by atoms with Crippen molar-refractivity contribution < 1.29 is 23.9 Å². The van der Waals surface area contributed by atoms with Crippen LogP contribution < -0.4 is 15.4 Å². The van der Waals surface area contributed by atoms with Gasteiger partial charge in [0.15, 0.2) is 0 Å². The van der Waals surface area contributed by atoms with Gasteiger partial charge in [0.25, 0.3) is 11.8 Å². The third-order valence-corrected chi connectivity index (χ3v) is 6.51. The first kappa shape index (κ1) is 23.2. The van der Waals surface area contributed by atoms with E-state index in [1.54, 1.807) is 41.0 Å². The third-order valence-electron chi connectivity index (χ3n) is 5.92. The zero-order chi connectivity index (χ0) is 23.4. The second kappa shape index (κ2) is 10.3. The summed E-state index contributed by atoms with van der Waals surface area (Å²) in [5, 5.41) is 7.32. The quantitative estimate of drug-likeness (QED) is 0.669. The Morgan fingerprint density at radius 1 is 1.30 bits per heavy atom. The van der Waals surface area contributed by atoms with Crippen molar-refractivity contribution in [3.05, 3.63) is 40.3 Å². The number of rotatable bonds is 6. The molecule has 1 aromatic heterocycles. The summed E-state index contributed by atoms with van der Waals surface area (Å²) in [6, 6.07) is 4.84. The lowest BCUT2D eigenvalue weighted by Gasteiger charge is -2.42. The van der Waals surface area contributed by atoms with E-state index in [1.165, 1.54) is 11.3 Å². The summed E-state index contributed by atoms with van der Waals surface area (Å²) in [4.78, 5) is 43.4. The van der Waals surface area contributed by atoms with Crippen LogP contribution in [0.15, 0.2) is 29.1 Å². The summed E-state index contributed by atoms with van der Waals surface area (Å²) in [6.07, 6.45) is 2.08. The number of anilines is 1. The number of benzene rings is 1. The highest BCUT2D eigenvalue weighted by molar-refractivity contribution is 7.07. The molecule has 1 saturated heterocycles. The number of hydrogen-bond acceptors (Lipinski definition) is 7. The van der Waals surface area contributed by atoms with Crippen LogP contribution in [-0.4, -0.2) is 66.1 Å². The van der Waals surface area contributed by atoms with Crippen LogP contribution in [0.1, 0.15) is 53.5 Å². The summed E-state index contributed by atoms with van der Waals surface area (Å²) < 4.78 is 12.2. The van der Waals surface area contributed by atoms with Crippen LogP contribution in [0.25, 0.3) is 0 Å². The Morgan fingerprint density at radius 2 is 2.15 bits per heavy atom. The second-order valence-corrected chi connectivity index (χ2v) is 8.98. The number of carbonyl (C=O) groups excluding carboxylic acids is 3. The molecular formula is C23H28N4O5S. The molecule has 2 aliphatic heterocycles. The number of likely N-dealkylation sites (N-methyl/N-ethyl adjacent to an activating group) is 1. The van der Waals surface area contributed by atoms with E-state index >= 15 is 0 Å². The molecule has 0 saturated carbocycles. The molecule has 10 heteroatoms. The smallest absolute Gasteiger partial charge is 0.275 e. The molecule has 4 rings (SSSR count). The first-order chi connectivity index (χ1) is 16.0. The highest BCUT2D eigenvalue weighted by Crippen LogP contribution is 2.32. The third kappa shape index (κ3) is 5.33. The topological polar surface area (TPSA) is 110 Å². The standard InChI is InChI=1S/C23H28N4O5S/c1-3-8-24-21(28)10-15-5-6-18-20(32-15)11-31-19-7-4-14(9-16(19)23(30)27(18)2)26-22(29)17-12-33-13-25-17/h4,7,9,12-13,15,18,20H,3,5-6,8,10-11H2,1-2H3,(H,24,28)(H,26,29)/t15-,18-,20+/m1/s1. The van der Waals surface area contributed by atoms with Crippen molar-refractivity contribution in [2.75, 3.05) is 25.5 Å². The highest BCUT2D eigenvalue weighted by atomic mass is 32.1. The van der Waals surface area contributed by atoms with Crippen LogP contribution in [0.3, 0.4) is 0 Å². The van der Waals surface area contributed by atoms with Crippen molar-refractivity contribution >= 4 is 34.7 Å². The predicted molar refractivity (Wildman–Crippen MR) is 124 cm³/mol. The van der Waals surface area contributed by atoms with Crippen molar-refractivity contribution in [1.82, 2.24) is 15.2 Å². The number of hydrogen-bond donors (Lipinski definition) is 2. The summed E-state index contributed by atoms with van der Waals surface area (Å²) >= 11 is 1.34. The van der Waals surface area contributed by atoms with E-state index in [9.17, 15) is 14.4 Å². The number of ether oxygens (including phenoxy) is 2. The molecule has 2 aromatic rings. The molecule has 0 unspecified atom stereocenters. The first-order valence-electron chi connectivity index (χ1n) is 11.1. The molecule has 2 N–H and O–H groups in total. The van der Waals surface area contributed by atoms with Crippen molar-refractivity contribution in [1.29, 1.82) is 0 Å². The fourth-order valence-electron chi connectivity index (χ4n) is 4.17. The number of nitrogens with one attached hydrogen (secondary N) is 2. The predicted octanol–water partition coefficient (Wildman–Crippen LogP) is 2.69. The molecule has 3 heterocycles. The fraction of sp³-hybridized carbons (Fsp3) is 0.478. The minimum absolute atomic E-state index is 0.0194. The minimum atomic E-state index is -0.335. The van der Waals surface area contributed by atoms with Gasteiger partial charge in [-0.3, -0.25) is 14.4 Å². The largest absolute Gasteiger partial charge is 0.490 e. The van der Waals surface area contributed by atoms with Gasteiger partial charge in [0.05, 0.1) is 29.6 Å². The number of amides is 3. The molecule has 0 bridgehead atoms. The number of fused-ring (bicyclic) bond motifs is 2. The molecule has 2 aliphatic rings. The van der Waals surface area contributed by atoms with E-state index in [4.69, 9.17) is 9.47 Å². The monoisotopic (exact) mass is 472 g/mol. The number of carbonyl (C=O) groups is 3. The summed E-state index contributed by atoms with van der Waals surface area (Å²) in [5.41, 5.74) is 2.79. The van der Waals surface area contributed by atoms with E-state index in [0.29, 0.717) is 42.1 Å². The fourth-order valence-corrected chi connectivity index (χ4v) is 4.70. The summed E-state index contributed by atoms with van der Waals surface area (Å²) in [5.74, 6) is -0.122. The highest BCUT2D eigenvalue weighted by Gasteiger charge is 2.39. The molecule has 1 fully saturated rings. The molecule has 9 nitrogen and oxygen atoms in total. The molecular weight excluding hydrogens is 444 g/mol. The van der Waals surface area contributed by atoms with Crippen LogP contribution in [0, 0.1) is 0 Å². The van der Waals surface area contributed by atoms with E-state index in [1.807, 2.05) is 6.92 Å². The molecule has 3 amide bonds. The van der Waals surface area contributed by atoms with Gasteiger partial charge in [-0.15, -0.1) is 11.3 Å². The van der Waals surface area contributed by atoms with E-state index in [0.717, 1.165) is 12.8 Å². The number of nitrogens with zero attached hydrogens (tertiary/aromatic N) is 2. The van der Waals surface area contributed by atoms with Gasteiger partial charge in [0.2, 0.25) is 5.91 Å². The zero-order valence-electron chi connectivity index (χ0n) is 18.7. The molecule has 1 aromatic carbocycles. The van der Waals surface area contributed by atoms with Crippen LogP contribution in [0.5, 0.6) is 5.75 Å². The van der Waals surface area contributed by atoms with Gasteiger partial charge in [0.1, 0.15) is 24.2 Å². The number of aromatic nitrogens is 1. The number of thiazole rings is 1. The first-order valence-corrected chi connectivity index (χ1v) is 12.1. The van der Waals surface area contributed by atoms with E-state index in [2.05, 4.69) is 15.6 Å². The zero-order valence-corrected chi connectivity index (χ0v) is 19.5. The molecule has 33 heavy (non-hydrogen) atoms. The average Bonchev–Trinajstić information content (AvgIpc) is 3.36. The van der Waals surface area contributed by atoms with Gasteiger partial charge < -0.3 is 25.0 Å². The lowest BCUT2D eigenvalue weighted by molar-refractivity contribution is -0.134. The van der Waals surface area contributed by atoms with Crippen molar-refractivity contribution in [3.8, 4) is 5.75 Å². The SMILES string of the molecule is CCCNC(=O)C[C@H]1CC[C@@H]2[C@H](COc3ccc(NC(=O)c4cscn4)cc3C(=O)N2C)O1. The lowest BCUT2D eigenvalue weighted by Crippen LogP contribution is -2.54.